The molecule has 0 saturated heterocycles. The Morgan fingerprint density at radius 3 is 1.04 bits per heavy atom. The molecule has 0 aliphatic heterocycles. The number of esters is 3. The van der Waals surface area contributed by atoms with E-state index in [1.165, 1.54) is 70.6 Å². The summed E-state index contributed by atoms with van der Waals surface area (Å²) in [5.74, 6) is -1.50. The van der Waals surface area contributed by atoms with Gasteiger partial charge in [-0.1, -0.05) is 215 Å². The van der Waals surface area contributed by atoms with E-state index in [-0.39, 0.29) is 25.9 Å². The van der Waals surface area contributed by atoms with Gasteiger partial charge < -0.3 is 24.2 Å². The fraction of sp³-hybridized carbons (Fsp3) is 0.734. The van der Waals surface area contributed by atoms with Crippen molar-refractivity contribution in [3.05, 3.63) is 85.1 Å². The normalized spacial score (nSPS) is 13.9. The van der Waals surface area contributed by atoms with Gasteiger partial charge in [0.2, 0.25) is 0 Å². The number of allylic oxidation sites excluding steroid dienone is 14. The van der Waals surface area contributed by atoms with Crippen molar-refractivity contribution in [2.45, 2.75) is 277 Å². The Morgan fingerprint density at radius 2 is 0.671 bits per heavy atom. The van der Waals surface area contributed by atoms with Gasteiger partial charge in [-0.05, 0) is 116 Å². The summed E-state index contributed by atoms with van der Waals surface area (Å²) in [6.07, 6.45) is 66.7. The van der Waals surface area contributed by atoms with Gasteiger partial charge in [0.25, 0.3) is 0 Å². The van der Waals surface area contributed by atoms with Gasteiger partial charge in [0.1, 0.15) is 12.7 Å². The molecule has 0 heterocycles. The standard InChI is InChI=1S/C64H111O11P/c1-4-7-10-13-16-19-22-25-27-29-30-32-34-37-40-43-46-49-52-55-64(68)75-61(57-71-62(66)53-50-47-44-41-38-35-24-21-18-15-12-9-6-3)59-73-76(69,70)72-58-60(56-65)74-63(67)54-51-48-45-42-39-36-33-31-28-26-23-20-17-14-11-8-5-2/h12,15-17,19-21,24-28,30,32,60-61,65H,4-11,13-14,18,22-23,29,31,33-59H2,1-3H3,(H,69,70)/b15-12-,19-16-,20-17-,24-21-,27-25-,28-26-,32-30-. The summed E-state index contributed by atoms with van der Waals surface area (Å²) in [7, 11) is -4.76. The highest BCUT2D eigenvalue weighted by molar-refractivity contribution is 7.47. The summed E-state index contributed by atoms with van der Waals surface area (Å²) in [6.45, 7) is 4.50. The Hall–Kier alpha value is -3.34. The third-order valence-electron chi connectivity index (χ3n) is 12.7. The van der Waals surface area contributed by atoms with Crippen LogP contribution in [-0.4, -0.2) is 66.5 Å². The average Bonchev–Trinajstić information content (AvgIpc) is 3.41. The maximum Gasteiger partial charge on any atom is 0.472 e. The first-order valence-corrected chi connectivity index (χ1v) is 32.0. The maximum absolute atomic E-state index is 12.9. The lowest BCUT2D eigenvalue weighted by atomic mass is 10.1. The summed E-state index contributed by atoms with van der Waals surface area (Å²) in [4.78, 5) is 48.6. The molecule has 0 saturated carbocycles. The third-order valence-corrected chi connectivity index (χ3v) is 13.7. The van der Waals surface area contributed by atoms with Crippen LogP contribution in [0.25, 0.3) is 0 Å². The number of carbonyl (C=O) groups is 3. The van der Waals surface area contributed by atoms with Crippen molar-refractivity contribution in [2.75, 3.05) is 26.4 Å². The molecule has 438 valence electrons. The predicted molar refractivity (Wildman–Crippen MR) is 316 cm³/mol. The molecule has 0 aromatic carbocycles. The van der Waals surface area contributed by atoms with Crippen LogP contribution in [0.2, 0.25) is 0 Å². The molecule has 2 N–H and O–H groups in total. The molecule has 0 aliphatic rings. The number of aliphatic hydroxyl groups is 1. The van der Waals surface area contributed by atoms with Gasteiger partial charge >= 0.3 is 25.7 Å². The van der Waals surface area contributed by atoms with Crippen LogP contribution in [0.1, 0.15) is 265 Å². The lowest BCUT2D eigenvalue weighted by Crippen LogP contribution is -2.30. The second kappa shape index (κ2) is 57.8. The highest BCUT2D eigenvalue weighted by atomic mass is 31.2. The molecule has 0 aromatic heterocycles. The molecule has 76 heavy (non-hydrogen) atoms. The van der Waals surface area contributed by atoms with Crippen LogP contribution in [-0.2, 0) is 42.2 Å². The highest BCUT2D eigenvalue weighted by Crippen LogP contribution is 2.43. The van der Waals surface area contributed by atoms with Crippen molar-refractivity contribution >= 4 is 25.7 Å². The first-order valence-electron chi connectivity index (χ1n) is 30.5. The number of aliphatic hydroxyl groups excluding tert-OH is 1. The van der Waals surface area contributed by atoms with Crippen LogP contribution >= 0.6 is 7.82 Å². The van der Waals surface area contributed by atoms with Crippen LogP contribution in [0.3, 0.4) is 0 Å². The van der Waals surface area contributed by atoms with Crippen LogP contribution < -0.4 is 0 Å². The average molecular weight is 1090 g/mol. The van der Waals surface area contributed by atoms with Crippen LogP contribution in [0.5, 0.6) is 0 Å². The van der Waals surface area contributed by atoms with Gasteiger partial charge in [-0.3, -0.25) is 23.4 Å². The smallest absolute Gasteiger partial charge is 0.462 e. The van der Waals surface area contributed by atoms with Crippen LogP contribution in [0.15, 0.2) is 85.1 Å². The maximum atomic E-state index is 12.9. The van der Waals surface area contributed by atoms with Crippen molar-refractivity contribution in [3.8, 4) is 0 Å². The van der Waals surface area contributed by atoms with Crippen LogP contribution in [0, 0.1) is 0 Å². The minimum atomic E-state index is -4.76. The van der Waals surface area contributed by atoms with E-state index >= 15 is 0 Å². The number of hydrogen-bond acceptors (Lipinski definition) is 10. The number of phosphoric ester groups is 1. The third kappa shape index (κ3) is 55.4. The lowest BCUT2D eigenvalue weighted by molar-refractivity contribution is -0.161. The van der Waals surface area contributed by atoms with Gasteiger partial charge in [0, 0.05) is 19.3 Å². The summed E-state index contributed by atoms with van der Waals surface area (Å²) < 4.78 is 39.6. The molecule has 0 aliphatic carbocycles. The Balaban J connectivity index is 4.73. The largest absolute Gasteiger partial charge is 0.472 e. The quantitative estimate of drug-likeness (QED) is 0.0197. The Bertz CT molecular complexity index is 1600. The summed E-state index contributed by atoms with van der Waals surface area (Å²) in [5, 5.41) is 9.84. The van der Waals surface area contributed by atoms with E-state index in [0.717, 1.165) is 135 Å². The van der Waals surface area contributed by atoms with Gasteiger partial charge in [-0.25, -0.2) is 4.57 Å². The first kappa shape index (κ1) is 72.7. The zero-order valence-corrected chi connectivity index (χ0v) is 49.3. The molecule has 12 heteroatoms. The number of carbonyl (C=O) groups excluding carboxylic acids is 3. The fourth-order valence-electron chi connectivity index (χ4n) is 8.08. The van der Waals surface area contributed by atoms with E-state index in [4.69, 9.17) is 23.3 Å². The fourth-order valence-corrected chi connectivity index (χ4v) is 8.86. The number of phosphoric acid groups is 1. The zero-order chi connectivity index (χ0) is 55.5. The molecule has 0 aromatic rings. The molecular formula is C64H111O11P. The Labute approximate surface area is 464 Å². The van der Waals surface area contributed by atoms with E-state index in [9.17, 15) is 28.9 Å². The Kier molecular flexibility index (Phi) is 55.3. The van der Waals surface area contributed by atoms with Gasteiger partial charge in [-0.2, -0.15) is 0 Å². The minimum Gasteiger partial charge on any atom is -0.462 e. The zero-order valence-electron chi connectivity index (χ0n) is 48.5. The monoisotopic (exact) mass is 1090 g/mol. The molecule has 0 amide bonds. The molecular weight excluding hydrogens is 976 g/mol. The molecule has 3 atom stereocenters. The number of hydrogen-bond donors (Lipinski definition) is 2. The number of unbranched alkanes of at least 4 members (excludes halogenated alkanes) is 25. The molecule has 11 nitrogen and oxygen atoms in total. The molecule has 0 radical (unpaired) electrons. The van der Waals surface area contributed by atoms with Gasteiger partial charge in [0.15, 0.2) is 6.10 Å². The molecule has 0 fully saturated rings. The Morgan fingerprint density at radius 1 is 0.368 bits per heavy atom. The van der Waals surface area contributed by atoms with Crippen molar-refractivity contribution in [1.29, 1.82) is 0 Å². The predicted octanol–water partition coefficient (Wildman–Crippen LogP) is 18.3. The molecule has 0 bridgehead atoms. The van der Waals surface area contributed by atoms with Gasteiger partial charge in [-0.15, -0.1) is 0 Å². The van der Waals surface area contributed by atoms with Gasteiger partial charge in [0.05, 0.1) is 19.8 Å². The van der Waals surface area contributed by atoms with E-state index < -0.39 is 57.8 Å². The molecule has 0 spiro atoms. The van der Waals surface area contributed by atoms with Crippen molar-refractivity contribution in [1.82, 2.24) is 0 Å². The van der Waals surface area contributed by atoms with Crippen LogP contribution in [0.4, 0.5) is 0 Å². The summed E-state index contributed by atoms with van der Waals surface area (Å²) >= 11 is 0. The topological polar surface area (TPSA) is 155 Å². The highest BCUT2D eigenvalue weighted by Gasteiger charge is 2.28. The van der Waals surface area contributed by atoms with Crippen molar-refractivity contribution < 1.29 is 52.2 Å². The van der Waals surface area contributed by atoms with E-state index in [2.05, 4.69) is 106 Å². The SMILES string of the molecule is CCC/C=C\C/C=C\CCCCCCCC(=O)OCC(COP(=O)(O)OCC(CO)OC(=O)CCCCCCCCC/C=C\C/C=C\CCCCC)OC(=O)CCCCCCCC/C=C\C/C=C\C/C=C\CCCCC. The summed E-state index contributed by atoms with van der Waals surface area (Å²) in [5.41, 5.74) is 0. The van der Waals surface area contributed by atoms with E-state index in [0.29, 0.717) is 19.3 Å². The second-order valence-corrected chi connectivity index (χ2v) is 21.6. The van der Waals surface area contributed by atoms with E-state index in [1.54, 1.807) is 0 Å². The van der Waals surface area contributed by atoms with Crippen molar-refractivity contribution in [2.24, 2.45) is 0 Å². The number of ether oxygens (including phenoxy) is 3. The van der Waals surface area contributed by atoms with E-state index in [1.807, 2.05) is 0 Å². The van der Waals surface area contributed by atoms with Crippen molar-refractivity contribution in [3.63, 3.8) is 0 Å². The number of rotatable bonds is 56. The second-order valence-electron chi connectivity index (χ2n) is 20.2. The first-order chi connectivity index (χ1) is 37.2. The minimum absolute atomic E-state index is 0.147. The summed E-state index contributed by atoms with van der Waals surface area (Å²) in [6, 6.07) is 0. The molecule has 3 unspecified atom stereocenters. The molecule has 0 rings (SSSR count). The lowest BCUT2D eigenvalue weighted by Gasteiger charge is -2.21.